The maximum atomic E-state index is 11.3. The first-order valence-electron chi connectivity index (χ1n) is 6.80. The first kappa shape index (κ1) is 15.3. The molecule has 1 aromatic rings. The lowest BCUT2D eigenvalue weighted by Gasteiger charge is -2.14. The molecule has 0 radical (unpaired) electrons. The molecule has 0 heterocycles. The standard InChI is InChI=1S/C15H23NO3/c1-4-10-19-14-8-6-13(7-9-14)16-12(3)11-15(17)18-5-2/h6-9,12,16H,4-5,10-11H2,1-3H3. The third kappa shape index (κ3) is 6.13. The van der Waals surface area contributed by atoms with Crippen LogP contribution >= 0.6 is 0 Å². The maximum Gasteiger partial charge on any atom is 0.307 e. The van der Waals surface area contributed by atoms with Gasteiger partial charge in [0.15, 0.2) is 0 Å². The molecule has 0 aliphatic carbocycles. The molecule has 0 aliphatic rings. The molecule has 19 heavy (non-hydrogen) atoms. The highest BCUT2D eigenvalue weighted by molar-refractivity contribution is 5.70. The van der Waals surface area contributed by atoms with Crippen molar-refractivity contribution in [3.8, 4) is 5.75 Å². The van der Waals surface area contributed by atoms with Gasteiger partial charge in [-0.25, -0.2) is 0 Å². The van der Waals surface area contributed by atoms with E-state index in [0.29, 0.717) is 13.0 Å². The van der Waals surface area contributed by atoms with E-state index < -0.39 is 0 Å². The Balaban J connectivity index is 2.41. The summed E-state index contributed by atoms with van der Waals surface area (Å²) in [6.07, 6.45) is 1.36. The number of hydrogen-bond donors (Lipinski definition) is 1. The Hall–Kier alpha value is -1.71. The minimum absolute atomic E-state index is 0.0430. The molecule has 0 aromatic heterocycles. The number of rotatable bonds is 8. The number of ether oxygens (including phenoxy) is 2. The SMILES string of the molecule is CCCOc1ccc(NC(C)CC(=O)OCC)cc1. The second-order valence-corrected chi connectivity index (χ2v) is 4.43. The van der Waals surface area contributed by atoms with E-state index in [4.69, 9.17) is 9.47 Å². The van der Waals surface area contributed by atoms with Crippen molar-refractivity contribution < 1.29 is 14.3 Å². The number of hydrogen-bond acceptors (Lipinski definition) is 4. The number of benzene rings is 1. The van der Waals surface area contributed by atoms with Crippen molar-refractivity contribution in [3.63, 3.8) is 0 Å². The van der Waals surface area contributed by atoms with Crippen LogP contribution in [0.25, 0.3) is 0 Å². The summed E-state index contributed by atoms with van der Waals surface area (Å²) >= 11 is 0. The molecule has 0 bridgehead atoms. The Morgan fingerprint density at radius 2 is 1.95 bits per heavy atom. The number of nitrogens with one attached hydrogen (secondary N) is 1. The van der Waals surface area contributed by atoms with E-state index in [2.05, 4.69) is 12.2 Å². The molecule has 0 fully saturated rings. The summed E-state index contributed by atoms with van der Waals surface area (Å²) in [6.45, 7) is 7.00. The predicted octanol–water partition coefficient (Wildman–Crippen LogP) is 3.23. The highest BCUT2D eigenvalue weighted by Crippen LogP contribution is 2.17. The smallest absolute Gasteiger partial charge is 0.307 e. The van der Waals surface area contributed by atoms with Crippen LogP contribution in [0.5, 0.6) is 5.75 Å². The van der Waals surface area contributed by atoms with Crippen LogP contribution in [0.1, 0.15) is 33.6 Å². The number of anilines is 1. The average Bonchev–Trinajstić information content (AvgIpc) is 2.38. The first-order chi connectivity index (χ1) is 9.15. The van der Waals surface area contributed by atoms with E-state index in [1.807, 2.05) is 38.1 Å². The fourth-order valence-electron chi connectivity index (χ4n) is 1.67. The largest absolute Gasteiger partial charge is 0.494 e. The normalized spacial score (nSPS) is 11.7. The van der Waals surface area contributed by atoms with Crippen LogP contribution in [-0.2, 0) is 9.53 Å². The number of carbonyl (C=O) groups is 1. The molecule has 1 N–H and O–H groups in total. The minimum atomic E-state index is -0.176. The Labute approximate surface area is 115 Å². The second kappa shape index (κ2) is 8.40. The maximum absolute atomic E-state index is 11.3. The highest BCUT2D eigenvalue weighted by atomic mass is 16.5. The Kier molecular flexibility index (Phi) is 6.79. The molecule has 0 saturated heterocycles. The molecule has 1 unspecified atom stereocenters. The lowest BCUT2D eigenvalue weighted by Crippen LogP contribution is -2.20. The van der Waals surface area contributed by atoms with Gasteiger partial charge in [0.1, 0.15) is 5.75 Å². The van der Waals surface area contributed by atoms with Crippen molar-refractivity contribution in [1.82, 2.24) is 0 Å². The molecule has 0 saturated carbocycles. The molecule has 4 nitrogen and oxygen atoms in total. The number of carbonyl (C=O) groups excluding carboxylic acids is 1. The highest BCUT2D eigenvalue weighted by Gasteiger charge is 2.09. The van der Waals surface area contributed by atoms with Crippen LogP contribution in [-0.4, -0.2) is 25.2 Å². The van der Waals surface area contributed by atoms with E-state index >= 15 is 0 Å². The first-order valence-corrected chi connectivity index (χ1v) is 6.80. The van der Waals surface area contributed by atoms with E-state index in [1.165, 1.54) is 0 Å². The zero-order valence-electron chi connectivity index (χ0n) is 11.9. The van der Waals surface area contributed by atoms with Crippen molar-refractivity contribution in [2.75, 3.05) is 18.5 Å². The Morgan fingerprint density at radius 1 is 1.26 bits per heavy atom. The van der Waals surface area contributed by atoms with Crippen LogP contribution in [0.4, 0.5) is 5.69 Å². The van der Waals surface area contributed by atoms with E-state index in [0.717, 1.165) is 24.5 Å². The molecule has 1 rings (SSSR count). The van der Waals surface area contributed by atoms with Crippen molar-refractivity contribution in [2.45, 2.75) is 39.7 Å². The molecule has 1 atom stereocenters. The summed E-state index contributed by atoms with van der Waals surface area (Å²) in [4.78, 5) is 11.3. The lowest BCUT2D eigenvalue weighted by atomic mass is 10.2. The molecule has 106 valence electrons. The third-order valence-electron chi connectivity index (χ3n) is 2.52. The third-order valence-corrected chi connectivity index (χ3v) is 2.52. The lowest BCUT2D eigenvalue weighted by molar-refractivity contribution is -0.143. The average molecular weight is 265 g/mol. The summed E-state index contributed by atoms with van der Waals surface area (Å²) in [5, 5.41) is 3.26. The molecule has 0 amide bonds. The fourth-order valence-corrected chi connectivity index (χ4v) is 1.67. The molecule has 4 heteroatoms. The second-order valence-electron chi connectivity index (χ2n) is 4.43. The Morgan fingerprint density at radius 3 is 2.53 bits per heavy atom. The van der Waals surface area contributed by atoms with Crippen molar-refractivity contribution in [2.24, 2.45) is 0 Å². The van der Waals surface area contributed by atoms with Gasteiger partial charge in [0.05, 0.1) is 19.6 Å². The molecular weight excluding hydrogens is 242 g/mol. The van der Waals surface area contributed by atoms with Gasteiger partial charge in [-0.15, -0.1) is 0 Å². The van der Waals surface area contributed by atoms with Crippen LogP contribution in [0.15, 0.2) is 24.3 Å². The zero-order valence-corrected chi connectivity index (χ0v) is 11.9. The fraction of sp³-hybridized carbons (Fsp3) is 0.533. The van der Waals surface area contributed by atoms with Crippen LogP contribution < -0.4 is 10.1 Å². The zero-order chi connectivity index (χ0) is 14.1. The van der Waals surface area contributed by atoms with Gasteiger partial charge in [-0.2, -0.15) is 0 Å². The van der Waals surface area contributed by atoms with Gasteiger partial charge in [-0.3, -0.25) is 4.79 Å². The predicted molar refractivity (Wildman–Crippen MR) is 76.6 cm³/mol. The van der Waals surface area contributed by atoms with Gasteiger partial charge in [0, 0.05) is 11.7 Å². The summed E-state index contributed by atoms with van der Waals surface area (Å²) < 4.78 is 10.4. The molecular formula is C15H23NO3. The summed E-state index contributed by atoms with van der Waals surface area (Å²) in [6, 6.07) is 7.80. The van der Waals surface area contributed by atoms with E-state index in [1.54, 1.807) is 0 Å². The molecule has 1 aromatic carbocycles. The summed E-state index contributed by atoms with van der Waals surface area (Å²) in [5.74, 6) is 0.691. The van der Waals surface area contributed by atoms with Gasteiger partial charge in [0.2, 0.25) is 0 Å². The molecule has 0 spiro atoms. The van der Waals surface area contributed by atoms with Crippen molar-refractivity contribution in [1.29, 1.82) is 0 Å². The minimum Gasteiger partial charge on any atom is -0.494 e. The van der Waals surface area contributed by atoms with Crippen molar-refractivity contribution in [3.05, 3.63) is 24.3 Å². The number of esters is 1. The van der Waals surface area contributed by atoms with Gasteiger partial charge in [0.25, 0.3) is 0 Å². The van der Waals surface area contributed by atoms with Crippen LogP contribution in [0.3, 0.4) is 0 Å². The van der Waals surface area contributed by atoms with Gasteiger partial charge in [-0.1, -0.05) is 6.92 Å². The van der Waals surface area contributed by atoms with Crippen LogP contribution in [0.2, 0.25) is 0 Å². The monoisotopic (exact) mass is 265 g/mol. The van der Waals surface area contributed by atoms with E-state index in [-0.39, 0.29) is 12.0 Å². The molecule has 0 aliphatic heterocycles. The van der Waals surface area contributed by atoms with E-state index in [9.17, 15) is 4.79 Å². The topological polar surface area (TPSA) is 47.6 Å². The summed E-state index contributed by atoms with van der Waals surface area (Å²) in [5.41, 5.74) is 0.973. The Bertz CT molecular complexity index is 375. The quantitative estimate of drug-likeness (QED) is 0.733. The van der Waals surface area contributed by atoms with Crippen LogP contribution in [0, 0.1) is 0 Å². The van der Waals surface area contributed by atoms with Crippen molar-refractivity contribution >= 4 is 11.7 Å². The van der Waals surface area contributed by atoms with Gasteiger partial charge in [-0.05, 0) is 44.5 Å². The summed E-state index contributed by atoms with van der Waals surface area (Å²) in [7, 11) is 0. The van der Waals surface area contributed by atoms with Gasteiger partial charge >= 0.3 is 5.97 Å². The van der Waals surface area contributed by atoms with Gasteiger partial charge < -0.3 is 14.8 Å².